The van der Waals surface area contributed by atoms with Gasteiger partial charge in [0.2, 0.25) is 17.7 Å². The van der Waals surface area contributed by atoms with Crippen LogP contribution in [0.4, 0.5) is 10.3 Å². The normalized spacial score (nSPS) is 14.2. The molecule has 1 fully saturated rings. The number of amides is 1. The second-order valence-electron chi connectivity index (χ2n) is 9.72. The van der Waals surface area contributed by atoms with E-state index in [1.807, 2.05) is 13.8 Å². The van der Waals surface area contributed by atoms with Gasteiger partial charge in [-0.15, -0.1) is 0 Å². The van der Waals surface area contributed by atoms with Crippen molar-refractivity contribution in [3.63, 3.8) is 0 Å². The molecule has 4 rings (SSSR count). The Balaban J connectivity index is 1.18. The van der Waals surface area contributed by atoms with Crippen LogP contribution in [-0.4, -0.2) is 51.8 Å². The molecular weight excluding hydrogens is 475 g/mol. The molecule has 0 saturated carbocycles. The van der Waals surface area contributed by atoms with Crippen molar-refractivity contribution in [1.82, 2.24) is 25.4 Å². The van der Waals surface area contributed by atoms with E-state index in [1.165, 1.54) is 12.1 Å². The van der Waals surface area contributed by atoms with Crippen LogP contribution in [0.25, 0.3) is 11.4 Å². The van der Waals surface area contributed by atoms with Gasteiger partial charge in [-0.25, -0.2) is 14.4 Å². The lowest BCUT2D eigenvalue weighted by Crippen LogP contribution is -2.34. The number of nitrogens with one attached hydrogen (secondary N) is 1. The Morgan fingerprint density at radius 3 is 2.68 bits per heavy atom. The lowest BCUT2D eigenvalue weighted by Gasteiger charge is -2.32. The van der Waals surface area contributed by atoms with Crippen molar-refractivity contribution in [3.05, 3.63) is 47.9 Å². The van der Waals surface area contributed by atoms with E-state index in [1.54, 1.807) is 18.5 Å². The van der Waals surface area contributed by atoms with E-state index in [4.69, 9.17) is 9.26 Å². The minimum absolute atomic E-state index is 0.0300. The number of carbonyl (C=O) groups excluding carboxylic acids is 1. The molecule has 9 nitrogen and oxygen atoms in total. The number of rotatable bonds is 11. The zero-order valence-electron chi connectivity index (χ0n) is 21.7. The molecule has 0 aliphatic carbocycles. The first-order valence-electron chi connectivity index (χ1n) is 13.1. The van der Waals surface area contributed by atoms with Gasteiger partial charge < -0.3 is 19.5 Å². The Labute approximate surface area is 216 Å². The summed E-state index contributed by atoms with van der Waals surface area (Å²) in [6.45, 7) is 8.06. The second kappa shape index (κ2) is 12.6. The fourth-order valence-corrected chi connectivity index (χ4v) is 4.38. The maximum atomic E-state index is 14.3. The fourth-order valence-electron chi connectivity index (χ4n) is 4.38. The molecule has 0 radical (unpaired) electrons. The summed E-state index contributed by atoms with van der Waals surface area (Å²) in [6.07, 6.45) is 9.26. The van der Waals surface area contributed by atoms with Gasteiger partial charge in [0.25, 0.3) is 5.91 Å². The first-order chi connectivity index (χ1) is 17.9. The molecular formula is C27H35FN6O3. The standard InChI is InChI=1S/C27H35FN6O3/c1-4-6-24-32-25(33-37-24)20-16-29-27(30-17-20)34-12-10-19(11-13-34)7-5-14-36-21-8-9-22(23(28)15-21)26(35)31-18(2)3/h8-9,15-19H,4-7,10-14H2,1-3H3,(H,31,35). The van der Waals surface area contributed by atoms with Gasteiger partial charge >= 0.3 is 0 Å². The average Bonchev–Trinajstić information content (AvgIpc) is 3.36. The monoisotopic (exact) mass is 510 g/mol. The van der Waals surface area contributed by atoms with Gasteiger partial charge in [-0.05, 0) is 64.0 Å². The van der Waals surface area contributed by atoms with E-state index in [2.05, 4.69) is 37.2 Å². The number of hydrogen-bond donors (Lipinski definition) is 1. The highest BCUT2D eigenvalue weighted by Crippen LogP contribution is 2.25. The molecule has 1 saturated heterocycles. The van der Waals surface area contributed by atoms with Crippen LogP contribution in [0, 0.1) is 11.7 Å². The van der Waals surface area contributed by atoms with Crippen molar-refractivity contribution >= 4 is 11.9 Å². The van der Waals surface area contributed by atoms with Crippen molar-refractivity contribution < 1.29 is 18.4 Å². The minimum atomic E-state index is -0.572. The van der Waals surface area contributed by atoms with Crippen LogP contribution >= 0.6 is 0 Å². The zero-order chi connectivity index (χ0) is 26.2. The summed E-state index contributed by atoms with van der Waals surface area (Å²) in [5, 5.41) is 6.71. The molecule has 1 aliphatic rings. The van der Waals surface area contributed by atoms with E-state index >= 15 is 0 Å². The number of halogens is 1. The number of benzene rings is 1. The fraction of sp³-hybridized carbons (Fsp3) is 0.519. The van der Waals surface area contributed by atoms with E-state index in [0.29, 0.717) is 30.0 Å². The second-order valence-corrected chi connectivity index (χ2v) is 9.72. The SMILES string of the molecule is CCCc1nc(-c2cnc(N3CCC(CCCOc4ccc(C(=O)NC(C)C)c(F)c4)CC3)nc2)no1. The Hall–Kier alpha value is -3.56. The molecule has 1 amide bonds. The maximum Gasteiger partial charge on any atom is 0.254 e. The lowest BCUT2D eigenvalue weighted by molar-refractivity contribution is 0.0939. The molecule has 0 unspecified atom stereocenters. The number of anilines is 1. The summed E-state index contributed by atoms with van der Waals surface area (Å²) in [5.74, 6) is 1.93. The number of aryl methyl sites for hydroxylation is 1. The van der Waals surface area contributed by atoms with Crippen LogP contribution in [0.15, 0.2) is 35.1 Å². The molecule has 3 heterocycles. The number of nitrogens with zero attached hydrogens (tertiary/aromatic N) is 5. The number of aromatic nitrogens is 4. The highest BCUT2D eigenvalue weighted by Gasteiger charge is 2.21. The molecule has 1 N–H and O–H groups in total. The number of piperidine rings is 1. The van der Waals surface area contributed by atoms with Gasteiger partial charge in [-0.3, -0.25) is 4.79 Å². The van der Waals surface area contributed by atoms with Crippen LogP contribution in [0.5, 0.6) is 5.75 Å². The van der Waals surface area contributed by atoms with Gasteiger partial charge in [0.05, 0.1) is 17.7 Å². The van der Waals surface area contributed by atoms with E-state index in [-0.39, 0.29) is 11.6 Å². The van der Waals surface area contributed by atoms with Crippen molar-refractivity contribution in [2.75, 3.05) is 24.6 Å². The largest absolute Gasteiger partial charge is 0.493 e. The summed E-state index contributed by atoms with van der Waals surface area (Å²) in [4.78, 5) is 27.7. The Kier molecular flexibility index (Phi) is 9.03. The first kappa shape index (κ1) is 26.5. The third-order valence-corrected chi connectivity index (χ3v) is 6.36. The van der Waals surface area contributed by atoms with Gasteiger partial charge in [0.1, 0.15) is 11.6 Å². The molecule has 1 aliphatic heterocycles. The Morgan fingerprint density at radius 1 is 1.24 bits per heavy atom. The Bertz CT molecular complexity index is 1160. The highest BCUT2D eigenvalue weighted by atomic mass is 19.1. The third-order valence-electron chi connectivity index (χ3n) is 6.36. The summed E-state index contributed by atoms with van der Waals surface area (Å²) in [7, 11) is 0. The number of ether oxygens (including phenoxy) is 1. The molecule has 3 aromatic rings. The van der Waals surface area contributed by atoms with Crippen LogP contribution < -0.4 is 15.0 Å². The van der Waals surface area contributed by atoms with Gasteiger partial charge in [-0.1, -0.05) is 12.1 Å². The van der Waals surface area contributed by atoms with Crippen LogP contribution in [-0.2, 0) is 6.42 Å². The van der Waals surface area contributed by atoms with Crippen LogP contribution in [0.3, 0.4) is 0 Å². The van der Waals surface area contributed by atoms with Crippen molar-refractivity contribution in [2.45, 2.75) is 65.3 Å². The predicted octanol–water partition coefficient (Wildman–Crippen LogP) is 4.83. The van der Waals surface area contributed by atoms with Gasteiger partial charge in [0, 0.05) is 44.0 Å². The van der Waals surface area contributed by atoms with E-state index in [0.717, 1.165) is 63.1 Å². The van der Waals surface area contributed by atoms with E-state index < -0.39 is 11.7 Å². The molecule has 10 heteroatoms. The van der Waals surface area contributed by atoms with Crippen LogP contribution in [0.2, 0.25) is 0 Å². The minimum Gasteiger partial charge on any atom is -0.493 e. The quantitative estimate of drug-likeness (QED) is 0.366. The van der Waals surface area contributed by atoms with Gasteiger partial charge in [-0.2, -0.15) is 4.98 Å². The summed E-state index contributed by atoms with van der Waals surface area (Å²) < 4.78 is 25.3. The Morgan fingerprint density at radius 2 is 2.00 bits per heavy atom. The summed E-state index contributed by atoms with van der Waals surface area (Å²) in [6, 6.07) is 4.34. The molecule has 0 bridgehead atoms. The lowest BCUT2D eigenvalue weighted by atomic mass is 9.92. The summed E-state index contributed by atoms with van der Waals surface area (Å²) in [5.41, 5.74) is 0.778. The molecule has 0 spiro atoms. The first-order valence-corrected chi connectivity index (χ1v) is 13.1. The predicted molar refractivity (Wildman–Crippen MR) is 138 cm³/mol. The van der Waals surface area contributed by atoms with Crippen molar-refractivity contribution in [2.24, 2.45) is 5.92 Å². The highest BCUT2D eigenvalue weighted by molar-refractivity contribution is 5.94. The van der Waals surface area contributed by atoms with E-state index in [9.17, 15) is 9.18 Å². The van der Waals surface area contributed by atoms with Crippen molar-refractivity contribution in [1.29, 1.82) is 0 Å². The maximum absolute atomic E-state index is 14.3. The topological polar surface area (TPSA) is 106 Å². The molecule has 1 aromatic carbocycles. The van der Waals surface area contributed by atoms with Crippen molar-refractivity contribution in [3.8, 4) is 17.1 Å². The summed E-state index contributed by atoms with van der Waals surface area (Å²) >= 11 is 0. The zero-order valence-corrected chi connectivity index (χ0v) is 21.7. The molecule has 37 heavy (non-hydrogen) atoms. The number of hydrogen-bond acceptors (Lipinski definition) is 8. The molecule has 198 valence electrons. The number of carbonyl (C=O) groups is 1. The smallest absolute Gasteiger partial charge is 0.254 e. The molecule has 2 aromatic heterocycles. The van der Waals surface area contributed by atoms with Crippen LogP contribution in [0.1, 0.15) is 69.1 Å². The molecule has 0 atom stereocenters. The third kappa shape index (κ3) is 7.24. The van der Waals surface area contributed by atoms with Gasteiger partial charge in [0.15, 0.2) is 0 Å². The average molecular weight is 511 g/mol.